The summed E-state index contributed by atoms with van der Waals surface area (Å²) in [6.45, 7) is 1.65. The number of likely N-dealkylation sites (N-methyl/N-ethyl adjacent to an activating group) is 1. The summed E-state index contributed by atoms with van der Waals surface area (Å²) >= 11 is 1.35. The smallest absolute Gasteiger partial charge is 0.283 e. The molecule has 0 saturated carbocycles. The van der Waals surface area contributed by atoms with Crippen molar-refractivity contribution in [2.45, 2.75) is 37.0 Å². The molecule has 232 valence electrons. The van der Waals surface area contributed by atoms with Crippen molar-refractivity contribution in [2.75, 3.05) is 33.2 Å². The Kier molecular flexibility index (Phi) is 8.36. The lowest BCUT2D eigenvalue weighted by molar-refractivity contribution is -0.122. The maximum atomic E-state index is 13.8. The number of nitrogens with two attached hydrogens (primary N) is 1. The molecule has 1 fully saturated rings. The SMILES string of the molecule is CN1CCc2nc(C(=O)N3CCN(S(=O)(=O)c4cc5ccc(/C=N/ON)cc5[nH]4)CC3CC(=O)NCc3nn[nH]n3)sc2C1. The van der Waals surface area contributed by atoms with Crippen LogP contribution in [0.3, 0.4) is 0 Å². The van der Waals surface area contributed by atoms with Crippen molar-refractivity contribution < 1.29 is 22.9 Å². The van der Waals surface area contributed by atoms with Gasteiger partial charge in [0.05, 0.1) is 24.5 Å². The van der Waals surface area contributed by atoms with Crippen LogP contribution < -0.4 is 11.2 Å². The lowest BCUT2D eigenvalue weighted by Crippen LogP contribution is -2.57. The highest BCUT2D eigenvalue weighted by atomic mass is 32.2. The van der Waals surface area contributed by atoms with Gasteiger partial charge in [0.25, 0.3) is 15.9 Å². The first-order chi connectivity index (χ1) is 21.2. The summed E-state index contributed by atoms with van der Waals surface area (Å²) in [5.74, 6) is 4.53. The van der Waals surface area contributed by atoms with E-state index in [0.717, 1.165) is 23.5 Å². The monoisotopic (exact) mass is 642 g/mol. The van der Waals surface area contributed by atoms with Crippen LogP contribution in [-0.2, 0) is 39.3 Å². The number of piperazine rings is 1. The number of benzene rings is 1. The van der Waals surface area contributed by atoms with Gasteiger partial charge in [-0.15, -0.1) is 27.4 Å². The van der Waals surface area contributed by atoms with Crippen molar-refractivity contribution in [2.24, 2.45) is 11.1 Å². The Morgan fingerprint density at radius 1 is 1.27 bits per heavy atom. The highest BCUT2D eigenvalue weighted by Gasteiger charge is 2.39. The number of amides is 2. The molecule has 5 heterocycles. The Morgan fingerprint density at radius 3 is 2.93 bits per heavy atom. The molecule has 0 bridgehead atoms. The summed E-state index contributed by atoms with van der Waals surface area (Å²) in [6, 6.07) is 6.02. The average Bonchev–Trinajstić information content (AvgIpc) is 3.78. The lowest BCUT2D eigenvalue weighted by atomic mass is 10.1. The van der Waals surface area contributed by atoms with Crippen molar-refractivity contribution in [3.05, 3.63) is 51.2 Å². The van der Waals surface area contributed by atoms with E-state index in [4.69, 9.17) is 5.90 Å². The van der Waals surface area contributed by atoms with Gasteiger partial charge in [0, 0.05) is 61.3 Å². The molecule has 0 aliphatic carbocycles. The van der Waals surface area contributed by atoms with Crippen LogP contribution in [-0.4, -0.2) is 110 Å². The van der Waals surface area contributed by atoms with E-state index in [1.807, 2.05) is 7.05 Å². The zero-order valence-corrected chi connectivity index (χ0v) is 25.3. The van der Waals surface area contributed by atoms with Gasteiger partial charge in [0.15, 0.2) is 10.8 Å². The summed E-state index contributed by atoms with van der Waals surface area (Å²) in [4.78, 5) is 43.4. The van der Waals surface area contributed by atoms with E-state index in [1.165, 1.54) is 21.9 Å². The number of tetrazole rings is 1. The molecule has 17 nitrogen and oxygen atoms in total. The lowest BCUT2D eigenvalue weighted by Gasteiger charge is -2.40. The van der Waals surface area contributed by atoms with Gasteiger partial charge in [0.1, 0.15) is 5.03 Å². The standard InChI is InChI=1S/C25H30N12O5S2/c1-35-5-4-18-20(14-35)43-24(30-18)25(39)37-7-6-36(13-17(37)10-22(38)27-12-21-31-33-34-32-21)44(40,41)23-9-16-3-2-15(11-28-42-26)8-19(16)29-23/h2-3,8-9,11,17,29H,4-7,10,12-14,26H2,1H3,(H,27,38)(H,31,32,33,34)/b28-11+. The maximum Gasteiger partial charge on any atom is 0.283 e. The van der Waals surface area contributed by atoms with Gasteiger partial charge >= 0.3 is 0 Å². The minimum Gasteiger partial charge on any atom is -0.349 e. The number of carbonyl (C=O) groups excluding carboxylic acids is 2. The number of nitrogens with zero attached hydrogens (tertiary/aromatic N) is 8. The summed E-state index contributed by atoms with van der Waals surface area (Å²) in [7, 11) is -2.00. The molecule has 1 atom stereocenters. The number of nitrogens with one attached hydrogen (secondary N) is 3. The quantitative estimate of drug-likeness (QED) is 0.136. The molecule has 4 aromatic rings. The van der Waals surface area contributed by atoms with Crippen LogP contribution in [0.25, 0.3) is 10.9 Å². The number of rotatable bonds is 9. The summed E-state index contributed by atoms with van der Waals surface area (Å²) in [6.07, 6.45) is 2.02. The minimum atomic E-state index is -4.01. The number of thiazole rings is 1. The van der Waals surface area contributed by atoms with Crippen LogP contribution in [0.2, 0.25) is 0 Å². The molecule has 6 rings (SSSR count). The fourth-order valence-corrected chi connectivity index (χ4v) is 7.94. The molecule has 3 aromatic heterocycles. The summed E-state index contributed by atoms with van der Waals surface area (Å²) in [5, 5.41) is 20.7. The van der Waals surface area contributed by atoms with Gasteiger partial charge in [-0.2, -0.15) is 9.52 Å². The summed E-state index contributed by atoms with van der Waals surface area (Å²) < 4.78 is 28.9. The first-order valence-electron chi connectivity index (χ1n) is 13.7. The van der Waals surface area contributed by atoms with Crippen molar-refractivity contribution in [3.8, 4) is 0 Å². The minimum absolute atomic E-state index is 0.00605. The second-order valence-electron chi connectivity index (χ2n) is 10.5. The molecule has 1 unspecified atom stereocenters. The van der Waals surface area contributed by atoms with E-state index < -0.39 is 22.0 Å². The van der Waals surface area contributed by atoms with Crippen LogP contribution in [0.15, 0.2) is 34.4 Å². The number of sulfonamides is 1. The van der Waals surface area contributed by atoms with Gasteiger partial charge in [-0.1, -0.05) is 22.5 Å². The van der Waals surface area contributed by atoms with Crippen LogP contribution in [0, 0.1) is 0 Å². The number of hydrogen-bond acceptors (Lipinski definition) is 13. The Labute approximate surface area is 255 Å². The first kappa shape index (κ1) is 29.8. The molecule has 2 aliphatic heterocycles. The van der Waals surface area contributed by atoms with Gasteiger partial charge in [0.2, 0.25) is 5.91 Å². The number of carbonyl (C=O) groups is 2. The number of aromatic amines is 2. The van der Waals surface area contributed by atoms with Crippen LogP contribution in [0.4, 0.5) is 0 Å². The van der Waals surface area contributed by atoms with E-state index in [0.29, 0.717) is 33.8 Å². The molecule has 44 heavy (non-hydrogen) atoms. The molecule has 0 spiro atoms. The molecule has 1 saturated heterocycles. The molecule has 2 amide bonds. The number of oxime groups is 1. The van der Waals surface area contributed by atoms with Crippen molar-refractivity contribution in [3.63, 3.8) is 0 Å². The number of H-pyrrole nitrogens is 2. The van der Waals surface area contributed by atoms with Crippen LogP contribution >= 0.6 is 11.3 Å². The van der Waals surface area contributed by atoms with Crippen molar-refractivity contribution in [1.29, 1.82) is 0 Å². The zero-order valence-electron chi connectivity index (χ0n) is 23.6. The predicted octanol–water partition coefficient (Wildman–Crippen LogP) is -0.429. The van der Waals surface area contributed by atoms with E-state index in [2.05, 4.69) is 50.9 Å². The fraction of sp³-hybridized carbons (Fsp3) is 0.400. The normalized spacial score (nSPS) is 18.1. The highest BCUT2D eigenvalue weighted by Crippen LogP contribution is 2.29. The number of fused-ring (bicyclic) bond motifs is 2. The van der Waals surface area contributed by atoms with E-state index in [9.17, 15) is 18.0 Å². The molecule has 2 aliphatic rings. The van der Waals surface area contributed by atoms with Crippen LogP contribution in [0.5, 0.6) is 0 Å². The molecular formula is C25H30N12O5S2. The number of aromatic nitrogens is 6. The molecule has 0 radical (unpaired) electrons. The molecule has 5 N–H and O–H groups in total. The Hall–Kier alpha value is -4.30. The van der Waals surface area contributed by atoms with E-state index in [1.54, 1.807) is 29.2 Å². The third kappa shape index (κ3) is 6.17. The van der Waals surface area contributed by atoms with E-state index >= 15 is 0 Å². The second-order valence-corrected chi connectivity index (χ2v) is 13.5. The zero-order chi connectivity index (χ0) is 30.8. The highest BCUT2D eigenvalue weighted by molar-refractivity contribution is 7.89. The van der Waals surface area contributed by atoms with Crippen LogP contribution in [0.1, 0.15) is 38.2 Å². The van der Waals surface area contributed by atoms with E-state index in [-0.39, 0.29) is 43.5 Å². The first-order valence-corrected chi connectivity index (χ1v) is 16.0. The third-order valence-corrected chi connectivity index (χ3v) is 10.4. The molecule has 19 heteroatoms. The average molecular weight is 643 g/mol. The molecule has 1 aromatic carbocycles. The predicted molar refractivity (Wildman–Crippen MR) is 158 cm³/mol. The van der Waals surface area contributed by atoms with Gasteiger partial charge in [-0.05, 0) is 24.7 Å². The van der Waals surface area contributed by atoms with Gasteiger partial charge in [-0.25, -0.2) is 13.4 Å². The van der Waals surface area contributed by atoms with Crippen molar-refractivity contribution in [1.82, 2.24) is 50.0 Å². The van der Waals surface area contributed by atoms with Gasteiger partial charge < -0.3 is 25.0 Å². The summed E-state index contributed by atoms with van der Waals surface area (Å²) in [5.41, 5.74) is 2.15. The third-order valence-electron chi connectivity index (χ3n) is 7.57. The second kappa shape index (κ2) is 12.4. The maximum absolute atomic E-state index is 13.8. The topological polar surface area (TPSA) is 221 Å². The largest absolute Gasteiger partial charge is 0.349 e. The Morgan fingerprint density at radius 2 is 2.14 bits per heavy atom. The Balaban J connectivity index is 1.24. The number of hydrogen-bond donors (Lipinski definition) is 4. The fourth-order valence-electron chi connectivity index (χ4n) is 5.31. The Bertz CT molecular complexity index is 1800. The molecular weight excluding hydrogens is 612 g/mol. The van der Waals surface area contributed by atoms with Crippen molar-refractivity contribution >= 4 is 50.3 Å². The van der Waals surface area contributed by atoms with Gasteiger partial charge in [-0.3, -0.25) is 9.59 Å².